The van der Waals surface area contributed by atoms with Gasteiger partial charge in [0.25, 0.3) is 6.47 Å². The molecule has 10 heteroatoms. The molecule has 41 heavy (non-hydrogen) atoms. The zero-order chi connectivity index (χ0) is 29.0. The molecule has 2 fully saturated rings. The molecule has 0 amide bonds. The summed E-state index contributed by atoms with van der Waals surface area (Å²) in [5.41, 5.74) is 4.62. The maximum absolute atomic E-state index is 14.8. The number of unbranched alkanes of at least 4 members (excludes halogenated alkanes) is 1. The lowest BCUT2D eigenvalue weighted by Crippen LogP contribution is -2.34. The Morgan fingerprint density at radius 3 is 2.76 bits per heavy atom. The van der Waals surface area contributed by atoms with Gasteiger partial charge >= 0.3 is 5.97 Å². The van der Waals surface area contributed by atoms with E-state index in [1.54, 1.807) is 12.1 Å². The van der Waals surface area contributed by atoms with Gasteiger partial charge in [0.1, 0.15) is 11.9 Å². The van der Waals surface area contributed by atoms with E-state index in [9.17, 15) is 14.3 Å². The molecule has 2 aromatic rings. The third-order valence-electron chi connectivity index (χ3n) is 7.99. The number of halogens is 1. The second-order valence-corrected chi connectivity index (χ2v) is 10.8. The summed E-state index contributed by atoms with van der Waals surface area (Å²) in [4.78, 5) is 27.5. The second kappa shape index (κ2) is 15.9. The van der Waals surface area contributed by atoms with E-state index in [1.807, 2.05) is 4.90 Å². The number of carboxylic acids is 1. The molecule has 3 heterocycles. The van der Waals surface area contributed by atoms with Crippen LogP contribution in [-0.4, -0.2) is 77.7 Å². The van der Waals surface area contributed by atoms with Gasteiger partial charge in [-0.2, -0.15) is 0 Å². The van der Waals surface area contributed by atoms with Crippen LogP contribution in [0.3, 0.4) is 0 Å². The SMILES string of the molecule is O=C(O)C(c1cccc(F)c1CO[C@@H]1CCOC1)N1CC[C@@H](OCCCCc2ccc3c(n2)CCCC3)C1.O=CO. The van der Waals surface area contributed by atoms with Crippen LogP contribution < -0.4 is 0 Å². The van der Waals surface area contributed by atoms with Crippen LogP contribution in [0.25, 0.3) is 0 Å². The number of fused-ring (bicyclic) bond motifs is 1. The topological polar surface area (TPSA) is 118 Å². The quantitative estimate of drug-likeness (QED) is 0.283. The van der Waals surface area contributed by atoms with Crippen LogP contribution in [0.4, 0.5) is 4.39 Å². The molecule has 5 rings (SSSR count). The van der Waals surface area contributed by atoms with Crippen LogP contribution in [0.5, 0.6) is 0 Å². The fourth-order valence-corrected chi connectivity index (χ4v) is 5.86. The van der Waals surface area contributed by atoms with E-state index in [0.717, 1.165) is 50.6 Å². The molecule has 0 spiro atoms. The Hall–Kier alpha value is -2.92. The fourth-order valence-electron chi connectivity index (χ4n) is 5.86. The minimum absolute atomic E-state index is 0.0254. The number of pyridine rings is 1. The number of aromatic nitrogens is 1. The number of hydrogen-bond acceptors (Lipinski definition) is 7. The van der Waals surface area contributed by atoms with E-state index in [-0.39, 0.29) is 25.3 Å². The minimum atomic E-state index is -0.987. The third-order valence-corrected chi connectivity index (χ3v) is 7.99. The van der Waals surface area contributed by atoms with Gasteiger partial charge in [-0.05, 0) is 81.0 Å². The smallest absolute Gasteiger partial charge is 0.325 e. The normalized spacial score (nSPS) is 21.1. The molecule has 1 aliphatic carbocycles. The molecule has 0 radical (unpaired) electrons. The van der Waals surface area contributed by atoms with Gasteiger partial charge in [-0.15, -0.1) is 0 Å². The van der Waals surface area contributed by atoms with Crippen molar-refractivity contribution in [2.24, 2.45) is 0 Å². The summed E-state index contributed by atoms with van der Waals surface area (Å²) in [5.74, 6) is -1.42. The molecule has 1 aromatic heterocycles. The predicted molar refractivity (Wildman–Crippen MR) is 149 cm³/mol. The summed E-state index contributed by atoms with van der Waals surface area (Å²) >= 11 is 0. The van der Waals surface area contributed by atoms with Crippen molar-refractivity contribution < 1.29 is 38.4 Å². The van der Waals surface area contributed by atoms with E-state index in [0.29, 0.717) is 44.0 Å². The van der Waals surface area contributed by atoms with E-state index < -0.39 is 17.8 Å². The molecule has 2 aliphatic heterocycles. The summed E-state index contributed by atoms with van der Waals surface area (Å²) in [6.07, 6.45) is 9.08. The second-order valence-electron chi connectivity index (χ2n) is 10.8. The Labute approximate surface area is 240 Å². The molecule has 1 aromatic carbocycles. The summed E-state index contributed by atoms with van der Waals surface area (Å²) in [7, 11) is 0. The monoisotopic (exact) mass is 572 g/mol. The number of likely N-dealkylation sites (tertiary alicyclic amines) is 1. The van der Waals surface area contributed by atoms with Crippen molar-refractivity contribution in [2.75, 3.05) is 32.9 Å². The van der Waals surface area contributed by atoms with E-state index in [4.69, 9.17) is 29.1 Å². The van der Waals surface area contributed by atoms with Crippen molar-refractivity contribution >= 4 is 12.4 Å². The fraction of sp³-hybridized carbons (Fsp3) is 0.581. The van der Waals surface area contributed by atoms with E-state index >= 15 is 0 Å². The number of aliphatic carboxylic acids is 1. The predicted octanol–water partition coefficient (Wildman–Crippen LogP) is 4.35. The van der Waals surface area contributed by atoms with Crippen LogP contribution >= 0.6 is 0 Å². The number of ether oxygens (including phenoxy) is 3. The molecule has 224 valence electrons. The van der Waals surface area contributed by atoms with Gasteiger partial charge in [0, 0.05) is 43.3 Å². The highest BCUT2D eigenvalue weighted by atomic mass is 19.1. The zero-order valence-corrected chi connectivity index (χ0v) is 23.5. The first kappa shape index (κ1) is 31.0. The zero-order valence-electron chi connectivity index (χ0n) is 23.5. The first-order chi connectivity index (χ1) is 20.0. The van der Waals surface area contributed by atoms with Crippen molar-refractivity contribution in [2.45, 2.75) is 82.6 Å². The van der Waals surface area contributed by atoms with Crippen molar-refractivity contribution in [1.82, 2.24) is 9.88 Å². The van der Waals surface area contributed by atoms with Gasteiger partial charge < -0.3 is 24.4 Å². The number of benzene rings is 1. The number of hydrogen-bond donors (Lipinski definition) is 2. The first-order valence-corrected chi connectivity index (χ1v) is 14.6. The van der Waals surface area contributed by atoms with Gasteiger partial charge in [-0.3, -0.25) is 19.5 Å². The van der Waals surface area contributed by atoms with Crippen LogP contribution in [0, 0.1) is 5.82 Å². The van der Waals surface area contributed by atoms with Crippen LogP contribution in [0.2, 0.25) is 0 Å². The average molecular weight is 573 g/mol. The molecule has 2 N–H and O–H groups in total. The number of nitrogens with zero attached hydrogens (tertiary/aromatic N) is 2. The van der Waals surface area contributed by atoms with Crippen LogP contribution in [-0.2, 0) is 49.7 Å². The Bertz CT molecular complexity index is 1140. The maximum atomic E-state index is 14.8. The standard InChI is InChI=1S/C30H39FN2O5.CH2O2/c31-27-9-5-8-25(26(27)20-38-24-14-17-36-19-24)29(30(34)35)33-15-13-23(18-33)37-16-4-3-7-22-12-11-21-6-1-2-10-28(21)32-22;2-1-3/h5,8-9,11-12,23-24,29H,1-4,6-7,10,13-20H2,(H,34,35);1H,(H,2,3)/t23-,24-,29?;/m1./s1. The molecular formula is C31H41FN2O7. The number of carbonyl (C=O) groups is 2. The van der Waals surface area contributed by atoms with Crippen LogP contribution in [0.15, 0.2) is 30.3 Å². The van der Waals surface area contributed by atoms with Gasteiger partial charge in [0.05, 0.1) is 25.4 Å². The lowest BCUT2D eigenvalue weighted by Gasteiger charge is -2.27. The first-order valence-electron chi connectivity index (χ1n) is 14.6. The molecule has 0 saturated carbocycles. The molecule has 2 saturated heterocycles. The summed E-state index contributed by atoms with van der Waals surface area (Å²) in [6, 6.07) is 8.12. The largest absolute Gasteiger partial charge is 0.483 e. The summed E-state index contributed by atoms with van der Waals surface area (Å²) < 4.78 is 32.1. The number of carboxylic acid groups (broad SMARTS) is 2. The van der Waals surface area contributed by atoms with Crippen molar-refractivity contribution in [1.29, 1.82) is 0 Å². The lowest BCUT2D eigenvalue weighted by molar-refractivity contribution is -0.143. The Morgan fingerprint density at radius 2 is 1.98 bits per heavy atom. The minimum Gasteiger partial charge on any atom is -0.483 e. The van der Waals surface area contributed by atoms with Crippen molar-refractivity contribution in [3.63, 3.8) is 0 Å². The van der Waals surface area contributed by atoms with Crippen LogP contribution in [0.1, 0.15) is 72.6 Å². The molecule has 9 nitrogen and oxygen atoms in total. The third kappa shape index (κ3) is 8.78. The van der Waals surface area contributed by atoms with Crippen molar-refractivity contribution in [3.8, 4) is 0 Å². The highest BCUT2D eigenvalue weighted by Gasteiger charge is 2.36. The Kier molecular flexibility index (Phi) is 12.0. The molecule has 3 atom stereocenters. The lowest BCUT2D eigenvalue weighted by atomic mass is 9.95. The molecular weight excluding hydrogens is 531 g/mol. The van der Waals surface area contributed by atoms with Crippen molar-refractivity contribution in [3.05, 3.63) is 64.2 Å². The van der Waals surface area contributed by atoms with Gasteiger partial charge in [0.15, 0.2) is 0 Å². The Balaban J connectivity index is 0.00000124. The maximum Gasteiger partial charge on any atom is 0.325 e. The van der Waals surface area contributed by atoms with Gasteiger partial charge in [-0.25, -0.2) is 4.39 Å². The number of rotatable bonds is 12. The van der Waals surface area contributed by atoms with Gasteiger partial charge in [-0.1, -0.05) is 18.2 Å². The highest BCUT2D eigenvalue weighted by Crippen LogP contribution is 2.31. The molecule has 3 aliphatic rings. The van der Waals surface area contributed by atoms with E-state index in [2.05, 4.69) is 12.1 Å². The summed E-state index contributed by atoms with van der Waals surface area (Å²) in [6.45, 7) is 2.65. The molecule has 1 unspecified atom stereocenters. The summed E-state index contributed by atoms with van der Waals surface area (Å²) in [5, 5.41) is 17.0. The van der Waals surface area contributed by atoms with Gasteiger partial charge in [0.2, 0.25) is 0 Å². The Morgan fingerprint density at radius 1 is 1.15 bits per heavy atom. The van der Waals surface area contributed by atoms with E-state index in [1.165, 1.54) is 30.2 Å². The number of aryl methyl sites for hydroxylation is 3. The molecule has 0 bridgehead atoms. The average Bonchev–Trinajstić information content (AvgIpc) is 3.66. The highest BCUT2D eigenvalue weighted by molar-refractivity contribution is 5.76.